The topological polar surface area (TPSA) is 114 Å². The number of piperidine rings is 1. The molecule has 3 rings (SSSR count). The van der Waals surface area contributed by atoms with Crippen LogP contribution in [-0.4, -0.2) is 45.8 Å². The van der Waals surface area contributed by atoms with Gasteiger partial charge in [0.2, 0.25) is 5.95 Å². The number of anilines is 1. The van der Waals surface area contributed by atoms with Gasteiger partial charge in [-0.25, -0.2) is 14.8 Å². The second kappa shape index (κ2) is 8.35. The number of nitriles is 1. The lowest BCUT2D eigenvalue weighted by molar-refractivity contribution is 0.0126. The van der Waals surface area contributed by atoms with Crippen LogP contribution >= 0.6 is 0 Å². The number of aromatic nitrogens is 2. The number of carbonyl (C=O) groups excluding carboxylic acids is 1. The number of likely N-dealkylation sites (tertiary alicyclic amines) is 1. The van der Waals surface area contributed by atoms with Crippen molar-refractivity contribution in [1.82, 2.24) is 14.9 Å². The number of rotatable bonds is 3. The summed E-state index contributed by atoms with van der Waals surface area (Å²) in [4.78, 5) is 21.9. The summed E-state index contributed by atoms with van der Waals surface area (Å²) in [6.45, 7) is 6.66. The van der Waals surface area contributed by atoms with Gasteiger partial charge in [0.05, 0.1) is 11.3 Å². The number of carbonyl (C=O) groups is 1. The van der Waals surface area contributed by atoms with E-state index in [1.807, 2.05) is 26.8 Å². The summed E-state index contributed by atoms with van der Waals surface area (Å²) >= 11 is 0. The zero-order chi connectivity index (χ0) is 21.0. The highest BCUT2D eigenvalue weighted by molar-refractivity contribution is 5.68. The van der Waals surface area contributed by atoms with E-state index in [-0.39, 0.29) is 18.1 Å². The second-order valence-corrected chi connectivity index (χ2v) is 7.91. The van der Waals surface area contributed by atoms with E-state index in [0.29, 0.717) is 42.9 Å². The minimum absolute atomic E-state index is 0.0682. The van der Waals surface area contributed by atoms with Crippen molar-refractivity contribution in [3.8, 4) is 23.1 Å². The molecule has 0 radical (unpaired) electrons. The van der Waals surface area contributed by atoms with E-state index in [1.54, 1.807) is 29.3 Å². The molecular weight excluding hydrogens is 370 g/mol. The average molecular weight is 395 g/mol. The van der Waals surface area contributed by atoms with E-state index in [4.69, 9.17) is 15.2 Å². The van der Waals surface area contributed by atoms with Crippen LogP contribution in [0.3, 0.4) is 0 Å². The van der Waals surface area contributed by atoms with Gasteiger partial charge < -0.3 is 20.1 Å². The van der Waals surface area contributed by atoms with Crippen LogP contribution in [-0.2, 0) is 4.74 Å². The average Bonchev–Trinajstić information content (AvgIpc) is 2.67. The molecule has 0 bridgehead atoms. The molecule has 2 N–H and O–H groups in total. The first-order valence-electron chi connectivity index (χ1n) is 9.53. The van der Waals surface area contributed by atoms with Gasteiger partial charge >= 0.3 is 6.09 Å². The van der Waals surface area contributed by atoms with Crippen LogP contribution in [0.1, 0.15) is 39.2 Å². The largest absolute Gasteiger partial charge is 0.489 e. The summed E-state index contributed by atoms with van der Waals surface area (Å²) in [5.74, 6) is 0.701. The summed E-state index contributed by atoms with van der Waals surface area (Å²) in [6, 6.07) is 9.25. The SMILES string of the molecule is CC(C)(C)OC(=O)N1CCC(Oc2ccc(-c3ccnc(N)n3)cc2C#N)CC1. The number of nitrogens with zero attached hydrogens (tertiary/aromatic N) is 4. The Morgan fingerprint density at radius 1 is 1.28 bits per heavy atom. The summed E-state index contributed by atoms with van der Waals surface area (Å²) in [7, 11) is 0. The minimum atomic E-state index is -0.512. The van der Waals surface area contributed by atoms with E-state index in [0.717, 1.165) is 5.56 Å². The van der Waals surface area contributed by atoms with Crippen LogP contribution in [0, 0.1) is 11.3 Å². The molecule has 1 aliphatic rings. The van der Waals surface area contributed by atoms with Crippen molar-refractivity contribution in [2.45, 2.75) is 45.3 Å². The number of nitrogens with two attached hydrogens (primary N) is 1. The van der Waals surface area contributed by atoms with Gasteiger partial charge in [0, 0.05) is 37.7 Å². The van der Waals surface area contributed by atoms with Crippen molar-refractivity contribution >= 4 is 12.0 Å². The molecule has 152 valence electrons. The number of hydrogen-bond donors (Lipinski definition) is 1. The standard InChI is InChI=1S/C21H25N5O3/c1-21(2,3)29-20(27)26-10-7-16(8-11-26)28-18-5-4-14(12-15(18)13-22)17-6-9-24-19(23)25-17/h4-6,9,12,16H,7-8,10-11H2,1-3H3,(H2,23,24,25). The number of hydrogen-bond acceptors (Lipinski definition) is 7. The van der Waals surface area contributed by atoms with E-state index >= 15 is 0 Å². The Kier molecular flexibility index (Phi) is 5.87. The Morgan fingerprint density at radius 2 is 2.00 bits per heavy atom. The molecule has 1 fully saturated rings. The van der Waals surface area contributed by atoms with E-state index in [9.17, 15) is 10.1 Å². The fourth-order valence-electron chi connectivity index (χ4n) is 3.08. The molecule has 0 aliphatic carbocycles. The molecule has 1 aliphatic heterocycles. The van der Waals surface area contributed by atoms with E-state index in [2.05, 4.69) is 16.0 Å². The van der Waals surface area contributed by atoms with Gasteiger partial charge in [0.15, 0.2) is 0 Å². The van der Waals surface area contributed by atoms with E-state index < -0.39 is 5.60 Å². The van der Waals surface area contributed by atoms with Gasteiger partial charge in [-0.15, -0.1) is 0 Å². The van der Waals surface area contributed by atoms with Gasteiger partial charge in [-0.3, -0.25) is 0 Å². The monoisotopic (exact) mass is 395 g/mol. The number of benzene rings is 1. The molecule has 1 aromatic heterocycles. The van der Waals surface area contributed by atoms with Crippen molar-refractivity contribution in [2.24, 2.45) is 0 Å². The Labute approximate surface area is 170 Å². The summed E-state index contributed by atoms with van der Waals surface area (Å²) in [5, 5.41) is 9.54. The Bertz CT molecular complexity index is 925. The fourth-order valence-corrected chi connectivity index (χ4v) is 3.08. The zero-order valence-electron chi connectivity index (χ0n) is 16.9. The molecule has 29 heavy (non-hydrogen) atoms. The van der Waals surface area contributed by atoms with Crippen molar-refractivity contribution in [3.63, 3.8) is 0 Å². The Morgan fingerprint density at radius 3 is 2.62 bits per heavy atom. The van der Waals surface area contributed by atoms with Crippen LogP contribution in [0.5, 0.6) is 5.75 Å². The van der Waals surface area contributed by atoms with Gasteiger partial charge in [0.1, 0.15) is 23.5 Å². The molecule has 2 heterocycles. The Balaban J connectivity index is 1.64. The summed E-state index contributed by atoms with van der Waals surface area (Å²) < 4.78 is 11.5. The number of amides is 1. The third-order valence-electron chi connectivity index (χ3n) is 4.46. The minimum Gasteiger partial charge on any atom is -0.489 e. The fraction of sp³-hybridized carbons (Fsp3) is 0.429. The predicted octanol–water partition coefficient (Wildman–Crippen LogP) is 3.38. The van der Waals surface area contributed by atoms with Crippen LogP contribution < -0.4 is 10.5 Å². The quantitative estimate of drug-likeness (QED) is 0.847. The van der Waals surface area contributed by atoms with Crippen molar-refractivity contribution in [3.05, 3.63) is 36.0 Å². The number of nitrogen functional groups attached to an aromatic ring is 1. The summed E-state index contributed by atoms with van der Waals surface area (Å²) in [5.41, 5.74) is 6.96. The molecule has 2 aromatic rings. The van der Waals surface area contributed by atoms with Crippen molar-refractivity contribution in [1.29, 1.82) is 5.26 Å². The lowest BCUT2D eigenvalue weighted by atomic mass is 10.1. The highest BCUT2D eigenvalue weighted by Crippen LogP contribution is 2.28. The maximum atomic E-state index is 12.2. The predicted molar refractivity (Wildman–Crippen MR) is 108 cm³/mol. The third kappa shape index (κ3) is 5.35. The highest BCUT2D eigenvalue weighted by Gasteiger charge is 2.28. The lowest BCUT2D eigenvalue weighted by Crippen LogP contribution is -2.44. The molecule has 0 unspecified atom stereocenters. The first kappa shape index (κ1) is 20.4. The molecule has 0 saturated carbocycles. The molecule has 8 nitrogen and oxygen atoms in total. The van der Waals surface area contributed by atoms with Crippen molar-refractivity contribution < 1.29 is 14.3 Å². The molecule has 1 aromatic carbocycles. The van der Waals surface area contributed by atoms with Gasteiger partial charge in [0.25, 0.3) is 0 Å². The van der Waals surface area contributed by atoms with Crippen LogP contribution in [0.25, 0.3) is 11.3 Å². The Hall–Kier alpha value is -3.34. The highest BCUT2D eigenvalue weighted by atomic mass is 16.6. The smallest absolute Gasteiger partial charge is 0.410 e. The maximum Gasteiger partial charge on any atom is 0.410 e. The van der Waals surface area contributed by atoms with Crippen LogP contribution in [0.4, 0.5) is 10.7 Å². The first-order chi connectivity index (χ1) is 13.7. The van der Waals surface area contributed by atoms with Crippen LogP contribution in [0.15, 0.2) is 30.5 Å². The molecular formula is C21H25N5O3. The molecule has 8 heteroatoms. The van der Waals surface area contributed by atoms with Gasteiger partial charge in [-0.2, -0.15) is 5.26 Å². The van der Waals surface area contributed by atoms with Crippen molar-refractivity contribution in [2.75, 3.05) is 18.8 Å². The second-order valence-electron chi connectivity index (χ2n) is 7.91. The summed E-state index contributed by atoms with van der Waals surface area (Å²) in [6.07, 6.45) is 2.55. The molecule has 1 amide bonds. The lowest BCUT2D eigenvalue weighted by Gasteiger charge is -2.33. The molecule has 0 spiro atoms. The normalized spacial score (nSPS) is 14.9. The first-order valence-corrected chi connectivity index (χ1v) is 9.53. The van der Waals surface area contributed by atoms with Gasteiger partial charge in [-0.05, 0) is 45.0 Å². The molecule has 1 saturated heterocycles. The zero-order valence-corrected chi connectivity index (χ0v) is 16.9. The van der Waals surface area contributed by atoms with Gasteiger partial charge in [-0.1, -0.05) is 0 Å². The van der Waals surface area contributed by atoms with E-state index in [1.165, 1.54) is 0 Å². The molecule has 0 atom stereocenters. The van der Waals surface area contributed by atoms with Crippen LogP contribution in [0.2, 0.25) is 0 Å². The third-order valence-corrected chi connectivity index (χ3v) is 4.46. The maximum absolute atomic E-state index is 12.2. The number of ether oxygens (including phenoxy) is 2.